The van der Waals surface area contributed by atoms with E-state index in [-0.39, 0.29) is 11.5 Å². The Bertz CT molecular complexity index is 976. The number of aromatic amines is 1. The average Bonchev–Trinajstić information content (AvgIpc) is 2.68. The van der Waals surface area contributed by atoms with E-state index in [4.69, 9.17) is 0 Å². The normalized spacial score (nSPS) is 13.4. The first-order valence-corrected chi connectivity index (χ1v) is 8.42. The van der Waals surface area contributed by atoms with Crippen LogP contribution in [0.3, 0.4) is 0 Å². The average molecular weight is 330 g/mol. The highest BCUT2D eigenvalue weighted by atomic mass is 16.2. The van der Waals surface area contributed by atoms with Crippen LogP contribution in [-0.2, 0) is 6.42 Å². The van der Waals surface area contributed by atoms with Gasteiger partial charge in [-0.1, -0.05) is 48.5 Å². The number of carbonyl (C=O) groups is 1. The topological polar surface area (TPSA) is 53.2 Å². The van der Waals surface area contributed by atoms with Gasteiger partial charge >= 0.3 is 0 Å². The Balaban J connectivity index is 1.74. The van der Waals surface area contributed by atoms with Gasteiger partial charge in [0.15, 0.2) is 0 Å². The van der Waals surface area contributed by atoms with Gasteiger partial charge in [-0.2, -0.15) is 0 Å². The van der Waals surface area contributed by atoms with Crippen LogP contribution < -0.4 is 10.5 Å². The van der Waals surface area contributed by atoms with E-state index in [1.807, 2.05) is 48.5 Å². The second kappa shape index (κ2) is 6.40. The summed E-state index contributed by atoms with van der Waals surface area (Å²) >= 11 is 0. The maximum atomic E-state index is 13.1. The molecule has 0 bridgehead atoms. The number of benzene rings is 2. The number of hydrogen-bond donors (Lipinski definition) is 1. The smallest absolute Gasteiger partial charge is 0.259 e. The van der Waals surface area contributed by atoms with Crippen molar-refractivity contribution in [3.05, 3.63) is 88.3 Å². The fourth-order valence-electron chi connectivity index (χ4n) is 3.34. The Hall–Kier alpha value is -3.14. The van der Waals surface area contributed by atoms with Crippen LogP contribution in [0.2, 0.25) is 0 Å². The van der Waals surface area contributed by atoms with Gasteiger partial charge in [-0.3, -0.25) is 9.59 Å². The monoisotopic (exact) mass is 330 g/mol. The summed E-state index contributed by atoms with van der Waals surface area (Å²) in [6.07, 6.45) is 3.44. The number of amides is 1. The van der Waals surface area contributed by atoms with Crippen molar-refractivity contribution in [3.8, 4) is 11.1 Å². The number of hydrogen-bond acceptors (Lipinski definition) is 2. The molecule has 4 nitrogen and oxygen atoms in total. The van der Waals surface area contributed by atoms with Crippen molar-refractivity contribution < 1.29 is 4.79 Å². The molecule has 2 aromatic carbocycles. The van der Waals surface area contributed by atoms with Gasteiger partial charge < -0.3 is 9.88 Å². The second-order valence-corrected chi connectivity index (χ2v) is 6.19. The van der Waals surface area contributed by atoms with Crippen LogP contribution in [0.25, 0.3) is 11.1 Å². The number of nitrogens with one attached hydrogen (secondary N) is 1. The third-order valence-electron chi connectivity index (χ3n) is 4.59. The molecule has 4 rings (SSSR count). The number of pyridine rings is 1. The quantitative estimate of drug-likeness (QED) is 0.780. The number of aromatic nitrogens is 1. The number of H-pyrrole nitrogens is 1. The van der Waals surface area contributed by atoms with E-state index in [2.05, 4.69) is 11.1 Å². The highest BCUT2D eigenvalue weighted by molar-refractivity contribution is 6.07. The van der Waals surface area contributed by atoms with Crippen molar-refractivity contribution in [2.75, 3.05) is 11.4 Å². The summed E-state index contributed by atoms with van der Waals surface area (Å²) in [6.45, 7) is 0.690. The molecule has 0 atom stereocenters. The lowest BCUT2D eigenvalue weighted by Gasteiger charge is -2.29. The highest BCUT2D eigenvalue weighted by Crippen LogP contribution is 2.28. The fraction of sp³-hybridized carbons (Fsp3) is 0.143. The van der Waals surface area contributed by atoms with Crippen LogP contribution >= 0.6 is 0 Å². The maximum Gasteiger partial charge on any atom is 0.259 e. The summed E-state index contributed by atoms with van der Waals surface area (Å²) in [5.41, 5.74) is 3.77. The lowest BCUT2D eigenvalue weighted by atomic mass is 10.0. The van der Waals surface area contributed by atoms with Crippen molar-refractivity contribution in [2.45, 2.75) is 12.8 Å². The summed E-state index contributed by atoms with van der Waals surface area (Å²) in [6, 6.07) is 19.1. The first-order valence-electron chi connectivity index (χ1n) is 8.42. The Morgan fingerprint density at radius 3 is 2.60 bits per heavy atom. The number of carbonyl (C=O) groups excluding carboxylic acids is 1. The molecular weight excluding hydrogens is 312 g/mol. The van der Waals surface area contributed by atoms with E-state index in [0.29, 0.717) is 17.7 Å². The third kappa shape index (κ3) is 2.87. The second-order valence-electron chi connectivity index (χ2n) is 6.19. The minimum atomic E-state index is -0.193. The van der Waals surface area contributed by atoms with Crippen LogP contribution in [-0.4, -0.2) is 17.4 Å². The van der Waals surface area contributed by atoms with Crippen molar-refractivity contribution in [1.29, 1.82) is 0 Å². The van der Waals surface area contributed by atoms with E-state index in [0.717, 1.165) is 24.1 Å². The molecule has 1 aliphatic heterocycles. The summed E-state index contributed by atoms with van der Waals surface area (Å²) in [5, 5.41) is 0. The number of fused-ring (bicyclic) bond motifs is 1. The molecule has 0 aliphatic carbocycles. The van der Waals surface area contributed by atoms with Crippen molar-refractivity contribution in [3.63, 3.8) is 0 Å². The number of rotatable bonds is 2. The molecule has 1 N–H and O–H groups in total. The lowest BCUT2D eigenvalue weighted by Crippen LogP contribution is -2.35. The van der Waals surface area contributed by atoms with Crippen molar-refractivity contribution >= 4 is 11.6 Å². The molecule has 0 fully saturated rings. The Kier molecular flexibility index (Phi) is 3.94. The summed E-state index contributed by atoms with van der Waals surface area (Å²) < 4.78 is 0. The van der Waals surface area contributed by atoms with Gasteiger partial charge in [-0.25, -0.2) is 0 Å². The highest BCUT2D eigenvalue weighted by Gasteiger charge is 2.24. The molecule has 124 valence electrons. The SMILES string of the molecule is O=C(c1c[nH]c(=O)c(-c2ccccc2)c1)N1CCCc2ccccc21. The molecule has 0 unspecified atom stereocenters. The summed E-state index contributed by atoms with van der Waals surface area (Å²) in [7, 11) is 0. The number of nitrogens with zero attached hydrogens (tertiary/aromatic N) is 1. The first-order chi connectivity index (χ1) is 12.2. The van der Waals surface area contributed by atoms with Gasteiger partial charge in [-0.05, 0) is 36.1 Å². The predicted octanol–water partition coefficient (Wildman–Crippen LogP) is 3.63. The predicted molar refractivity (Wildman–Crippen MR) is 98.9 cm³/mol. The molecule has 1 aromatic heterocycles. The van der Waals surface area contributed by atoms with Gasteiger partial charge in [0, 0.05) is 24.0 Å². The molecule has 1 amide bonds. The minimum Gasteiger partial charge on any atom is -0.328 e. The zero-order valence-corrected chi connectivity index (χ0v) is 13.7. The molecular formula is C21H18N2O2. The lowest BCUT2D eigenvalue weighted by molar-refractivity contribution is 0.0985. The Morgan fingerprint density at radius 1 is 1.00 bits per heavy atom. The standard InChI is InChI=1S/C21H18N2O2/c24-20-18(15-7-2-1-3-8-15)13-17(14-22-20)21(25)23-12-6-10-16-9-4-5-11-19(16)23/h1-5,7-9,11,13-14H,6,10,12H2,(H,22,24). The molecule has 0 saturated carbocycles. The molecule has 0 spiro atoms. The minimum absolute atomic E-state index is 0.0828. The van der Waals surface area contributed by atoms with Gasteiger partial charge in [0.05, 0.1) is 5.56 Å². The Morgan fingerprint density at radius 2 is 1.76 bits per heavy atom. The zero-order valence-electron chi connectivity index (χ0n) is 13.7. The van der Waals surface area contributed by atoms with Gasteiger partial charge in [-0.15, -0.1) is 0 Å². The molecule has 25 heavy (non-hydrogen) atoms. The molecule has 1 aliphatic rings. The fourth-order valence-corrected chi connectivity index (χ4v) is 3.34. The van der Waals surface area contributed by atoms with E-state index < -0.39 is 0 Å². The van der Waals surface area contributed by atoms with Gasteiger partial charge in [0.2, 0.25) is 0 Å². The maximum absolute atomic E-state index is 13.1. The number of para-hydroxylation sites is 1. The van der Waals surface area contributed by atoms with Crippen molar-refractivity contribution in [2.24, 2.45) is 0 Å². The Labute approximate surface area is 145 Å². The van der Waals surface area contributed by atoms with Crippen LogP contribution in [0.5, 0.6) is 0 Å². The molecule has 0 radical (unpaired) electrons. The van der Waals surface area contributed by atoms with Crippen LogP contribution in [0.15, 0.2) is 71.7 Å². The van der Waals surface area contributed by atoms with E-state index in [1.54, 1.807) is 11.0 Å². The molecule has 0 saturated heterocycles. The van der Waals surface area contributed by atoms with Crippen LogP contribution in [0.1, 0.15) is 22.3 Å². The van der Waals surface area contributed by atoms with Gasteiger partial charge in [0.25, 0.3) is 11.5 Å². The molecule has 4 heteroatoms. The molecule has 3 aromatic rings. The number of aryl methyl sites for hydroxylation is 1. The van der Waals surface area contributed by atoms with Gasteiger partial charge in [0.1, 0.15) is 0 Å². The van der Waals surface area contributed by atoms with E-state index in [1.165, 1.54) is 11.8 Å². The summed E-state index contributed by atoms with van der Waals surface area (Å²) in [5.74, 6) is -0.0828. The molecule has 2 heterocycles. The number of anilines is 1. The van der Waals surface area contributed by atoms with E-state index in [9.17, 15) is 9.59 Å². The zero-order chi connectivity index (χ0) is 17.2. The van der Waals surface area contributed by atoms with E-state index >= 15 is 0 Å². The van der Waals surface area contributed by atoms with Crippen molar-refractivity contribution in [1.82, 2.24) is 4.98 Å². The largest absolute Gasteiger partial charge is 0.328 e. The summed E-state index contributed by atoms with van der Waals surface area (Å²) in [4.78, 5) is 29.8. The van der Waals surface area contributed by atoms with Crippen LogP contribution in [0, 0.1) is 0 Å². The van der Waals surface area contributed by atoms with Crippen LogP contribution in [0.4, 0.5) is 5.69 Å². The first kappa shape index (κ1) is 15.4. The third-order valence-corrected chi connectivity index (χ3v) is 4.59.